The maximum atomic E-state index is 14.1. The fourth-order valence-electron chi connectivity index (χ4n) is 2.86. The van der Waals surface area contributed by atoms with E-state index >= 15 is 0 Å². The number of nitriles is 1. The molecule has 3 rings (SSSR count). The van der Waals surface area contributed by atoms with Gasteiger partial charge in [0.25, 0.3) is 0 Å². The molecule has 0 saturated heterocycles. The lowest BCUT2D eigenvalue weighted by Crippen LogP contribution is -2.37. The second-order valence-corrected chi connectivity index (χ2v) is 7.65. The predicted octanol–water partition coefficient (Wildman–Crippen LogP) is 4.05. The third-order valence-electron chi connectivity index (χ3n) is 4.36. The van der Waals surface area contributed by atoms with E-state index < -0.39 is 5.25 Å². The van der Waals surface area contributed by atoms with Crippen LogP contribution in [-0.2, 0) is 11.8 Å². The van der Waals surface area contributed by atoms with Gasteiger partial charge in [-0.3, -0.25) is 4.79 Å². The van der Waals surface area contributed by atoms with Gasteiger partial charge in [-0.25, -0.2) is 4.39 Å². The summed E-state index contributed by atoms with van der Waals surface area (Å²) in [4.78, 5) is 14.7. The van der Waals surface area contributed by atoms with E-state index in [1.165, 1.54) is 17.8 Å². The Bertz CT molecular complexity index is 1030. The first-order chi connectivity index (χ1) is 14.0. The van der Waals surface area contributed by atoms with Crippen LogP contribution in [0.2, 0.25) is 0 Å². The zero-order valence-corrected chi connectivity index (χ0v) is 16.9. The van der Waals surface area contributed by atoms with Crippen LogP contribution in [0, 0.1) is 17.1 Å². The van der Waals surface area contributed by atoms with Gasteiger partial charge in [-0.05, 0) is 31.2 Å². The minimum absolute atomic E-state index is 0.133. The molecule has 1 aromatic heterocycles. The maximum Gasteiger partial charge on any atom is 0.240 e. The van der Waals surface area contributed by atoms with Gasteiger partial charge in [0.05, 0.1) is 23.3 Å². The number of carbonyl (C=O) groups is 1. The van der Waals surface area contributed by atoms with Crippen LogP contribution in [0.25, 0.3) is 11.4 Å². The molecule has 3 aromatic rings. The van der Waals surface area contributed by atoms with Crippen LogP contribution in [0.1, 0.15) is 13.3 Å². The first-order valence-corrected chi connectivity index (χ1v) is 9.95. The standard InChI is InChI=1S/C21H20FN5OS/c1-15(20(28)27(14-8-13-23)16-9-4-3-5-10-16)29-21-25-24-19(26(21)2)17-11-6-7-12-18(17)22/h3-7,9-12,15H,8,14H2,1-2H3/t15-/m1/s1. The maximum absolute atomic E-state index is 14.1. The minimum Gasteiger partial charge on any atom is -0.310 e. The summed E-state index contributed by atoms with van der Waals surface area (Å²) in [6, 6.07) is 17.7. The highest BCUT2D eigenvalue weighted by molar-refractivity contribution is 8.00. The molecular weight excluding hydrogens is 389 g/mol. The first kappa shape index (κ1) is 20.6. The molecule has 148 valence electrons. The van der Waals surface area contributed by atoms with Crippen molar-refractivity contribution in [3.63, 3.8) is 0 Å². The third kappa shape index (κ3) is 4.63. The van der Waals surface area contributed by atoms with Gasteiger partial charge >= 0.3 is 0 Å². The van der Waals surface area contributed by atoms with Crippen molar-refractivity contribution < 1.29 is 9.18 Å². The SMILES string of the molecule is C[C@@H](Sc1nnc(-c2ccccc2F)n1C)C(=O)N(CCC#N)c1ccccc1. The van der Waals surface area contributed by atoms with E-state index in [2.05, 4.69) is 16.3 Å². The Morgan fingerprint density at radius 2 is 1.90 bits per heavy atom. The quantitative estimate of drug-likeness (QED) is 0.551. The van der Waals surface area contributed by atoms with Crippen LogP contribution in [0.15, 0.2) is 59.8 Å². The van der Waals surface area contributed by atoms with Crippen LogP contribution >= 0.6 is 11.8 Å². The summed E-state index contributed by atoms with van der Waals surface area (Å²) >= 11 is 1.25. The molecule has 0 radical (unpaired) electrons. The second kappa shape index (κ2) is 9.34. The molecule has 0 unspecified atom stereocenters. The summed E-state index contributed by atoms with van der Waals surface area (Å²) in [5.41, 5.74) is 1.10. The van der Waals surface area contributed by atoms with E-state index in [0.717, 1.165) is 5.69 Å². The Hall–Kier alpha value is -3.18. The molecule has 1 amide bonds. The smallest absolute Gasteiger partial charge is 0.240 e. The van der Waals surface area contributed by atoms with E-state index in [9.17, 15) is 9.18 Å². The van der Waals surface area contributed by atoms with E-state index in [1.54, 1.807) is 41.6 Å². The summed E-state index contributed by atoms with van der Waals surface area (Å²) in [5.74, 6) is -0.114. The van der Waals surface area contributed by atoms with Gasteiger partial charge in [-0.1, -0.05) is 42.1 Å². The van der Waals surface area contributed by atoms with Crippen molar-refractivity contribution >= 4 is 23.4 Å². The lowest BCUT2D eigenvalue weighted by Gasteiger charge is -2.24. The third-order valence-corrected chi connectivity index (χ3v) is 5.48. The molecule has 1 heterocycles. The lowest BCUT2D eigenvalue weighted by molar-refractivity contribution is -0.117. The highest BCUT2D eigenvalue weighted by Crippen LogP contribution is 2.28. The number of anilines is 1. The molecule has 29 heavy (non-hydrogen) atoms. The monoisotopic (exact) mass is 409 g/mol. The summed E-state index contributed by atoms with van der Waals surface area (Å²) < 4.78 is 15.8. The van der Waals surface area contributed by atoms with Gasteiger partial charge in [0.15, 0.2) is 11.0 Å². The Labute approximate surface area is 173 Å². The molecule has 0 aliphatic rings. The number of hydrogen-bond acceptors (Lipinski definition) is 5. The zero-order valence-electron chi connectivity index (χ0n) is 16.1. The van der Waals surface area contributed by atoms with Crippen molar-refractivity contribution in [2.45, 2.75) is 23.8 Å². The van der Waals surface area contributed by atoms with Crippen LogP contribution in [0.5, 0.6) is 0 Å². The molecule has 0 fully saturated rings. The molecular formula is C21H20FN5OS. The average Bonchev–Trinajstić information content (AvgIpc) is 3.09. The lowest BCUT2D eigenvalue weighted by atomic mass is 10.2. The molecule has 0 aliphatic carbocycles. The summed E-state index contributed by atoms with van der Waals surface area (Å²) in [7, 11) is 1.74. The van der Waals surface area contributed by atoms with Crippen molar-refractivity contribution in [2.24, 2.45) is 7.05 Å². The number of rotatable bonds is 7. The second-order valence-electron chi connectivity index (χ2n) is 6.34. The van der Waals surface area contributed by atoms with E-state index in [-0.39, 0.29) is 18.1 Å². The molecule has 2 aromatic carbocycles. The number of benzene rings is 2. The van der Waals surface area contributed by atoms with Gasteiger partial charge in [0.2, 0.25) is 5.91 Å². The van der Waals surface area contributed by atoms with Crippen LogP contribution in [0.4, 0.5) is 10.1 Å². The summed E-state index contributed by atoms with van der Waals surface area (Å²) in [6.45, 7) is 2.09. The van der Waals surface area contributed by atoms with Crippen molar-refractivity contribution in [1.29, 1.82) is 5.26 Å². The first-order valence-electron chi connectivity index (χ1n) is 9.07. The van der Waals surface area contributed by atoms with Crippen molar-refractivity contribution in [1.82, 2.24) is 14.8 Å². The number of halogens is 1. The highest BCUT2D eigenvalue weighted by Gasteiger charge is 2.25. The van der Waals surface area contributed by atoms with Crippen LogP contribution < -0.4 is 4.90 Å². The summed E-state index contributed by atoms with van der Waals surface area (Å²) in [6.07, 6.45) is 0.236. The molecule has 0 N–H and O–H groups in total. The van der Waals surface area contributed by atoms with E-state index in [1.807, 2.05) is 30.3 Å². The normalized spacial score (nSPS) is 11.7. The largest absolute Gasteiger partial charge is 0.310 e. The fourth-order valence-corrected chi connectivity index (χ4v) is 3.74. The molecule has 0 bridgehead atoms. The van der Waals surface area contributed by atoms with Gasteiger partial charge in [0.1, 0.15) is 5.82 Å². The molecule has 8 heteroatoms. The predicted molar refractivity (Wildman–Crippen MR) is 111 cm³/mol. The fraction of sp³-hybridized carbons (Fsp3) is 0.238. The topological polar surface area (TPSA) is 74.8 Å². The molecule has 0 aliphatic heterocycles. The Kier molecular flexibility index (Phi) is 6.62. The van der Waals surface area contributed by atoms with Crippen LogP contribution in [0.3, 0.4) is 0 Å². The number of aromatic nitrogens is 3. The molecule has 1 atom stereocenters. The van der Waals surface area contributed by atoms with Crippen molar-refractivity contribution in [3.05, 3.63) is 60.4 Å². The van der Waals surface area contributed by atoms with Crippen molar-refractivity contribution in [2.75, 3.05) is 11.4 Å². The number of para-hydroxylation sites is 1. The van der Waals surface area contributed by atoms with E-state index in [0.29, 0.717) is 23.1 Å². The van der Waals surface area contributed by atoms with Crippen LogP contribution in [-0.4, -0.2) is 32.5 Å². The number of thioether (sulfide) groups is 1. The average molecular weight is 409 g/mol. The van der Waals surface area contributed by atoms with Gasteiger partial charge in [0, 0.05) is 19.3 Å². The summed E-state index contributed by atoms with van der Waals surface area (Å²) in [5, 5.41) is 17.2. The Morgan fingerprint density at radius 1 is 1.21 bits per heavy atom. The number of nitrogens with zero attached hydrogens (tertiary/aromatic N) is 5. The number of carbonyl (C=O) groups excluding carboxylic acids is 1. The Morgan fingerprint density at radius 3 is 2.59 bits per heavy atom. The minimum atomic E-state index is -0.467. The zero-order chi connectivity index (χ0) is 20.8. The number of hydrogen-bond donors (Lipinski definition) is 0. The molecule has 0 spiro atoms. The Balaban J connectivity index is 1.80. The number of amides is 1. The van der Waals surface area contributed by atoms with Gasteiger partial charge < -0.3 is 9.47 Å². The van der Waals surface area contributed by atoms with Gasteiger partial charge in [-0.15, -0.1) is 10.2 Å². The van der Waals surface area contributed by atoms with Crippen molar-refractivity contribution in [3.8, 4) is 17.5 Å². The molecule has 0 saturated carbocycles. The molecule has 6 nitrogen and oxygen atoms in total. The van der Waals surface area contributed by atoms with E-state index in [4.69, 9.17) is 5.26 Å². The van der Waals surface area contributed by atoms with Gasteiger partial charge in [-0.2, -0.15) is 5.26 Å². The highest BCUT2D eigenvalue weighted by atomic mass is 32.2.